The maximum absolute atomic E-state index is 12.5. The maximum Gasteiger partial charge on any atom is 0.410 e. The lowest BCUT2D eigenvalue weighted by atomic mass is 9.92. The molecule has 0 bridgehead atoms. The first-order valence-electron chi connectivity index (χ1n) is 9.85. The molecule has 0 aliphatic carbocycles. The number of nitrogens with zero attached hydrogens (tertiary/aromatic N) is 3. The van der Waals surface area contributed by atoms with E-state index in [0.29, 0.717) is 25.1 Å². The van der Waals surface area contributed by atoms with Crippen LogP contribution in [0.2, 0.25) is 0 Å². The van der Waals surface area contributed by atoms with Crippen LogP contribution in [0.3, 0.4) is 0 Å². The molecule has 1 amide bonds. The van der Waals surface area contributed by atoms with Crippen molar-refractivity contribution < 1.29 is 14.3 Å². The van der Waals surface area contributed by atoms with E-state index < -0.39 is 0 Å². The van der Waals surface area contributed by atoms with Gasteiger partial charge in [-0.05, 0) is 30.5 Å². The van der Waals surface area contributed by atoms with Crippen LogP contribution in [-0.4, -0.2) is 39.7 Å². The first-order chi connectivity index (χ1) is 13.8. The molecule has 3 aromatic rings. The van der Waals surface area contributed by atoms with Crippen molar-refractivity contribution >= 4 is 17.1 Å². The molecular formula is C22H23N3O3. The smallest absolute Gasteiger partial charge is 0.410 e. The molecule has 0 radical (unpaired) electrons. The summed E-state index contributed by atoms with van der Waals surface area (Å²) in [4.78, 5) is 18.9. The number of carbonyl (C=O) groups is 1. The highest BCUT2D eigenvalue weighted by atomic mass is 16.6. The van der Waals surface area contributed by atoms with E-state index in [2.05, 4.69) is 15.6 Å². The zero-order chi connectivity index (χ0) is 18.9. The number of rotatable bonds is 3. The Balaban J connectivity index is 1.21. The molecule has 1 fully saturated rings. The fourth-order valence-electron chi connectivity index (χ4n) is 4.21. The number of aromatic nitrogens is 2. The third-order valence-electron chi connectivity index (χ3n) is 5.69. The van der Waals surface area contributed by atoms with Crippen LogP contribution in [0.1, 0.15) is 18.4 Å². The van der Waals surface area contributed by atoms with Gasteiger partial charge in [0.25, 0.3) is 6.01 Å². The molecule has 2 atom stereocenters. The van der Waals surface area contributed by atoms with Gasteiger partial charge >= 0.3 is 6.09 Å². The standard InChI is InChI=1S/C22H23N3O3/c26-22(27-15-16-7-2-1-3-8-16)24-12-6-9-17(13-24)20-14-25-19-11-5-4-10-18(19)23-21(25)28-20/h1-5,7-8,10-11,17,20H,6,9,12-15H2. The fourth-order valence-corrected chi connectivity index (χ4v) is 4.21. The molecule has 28 heavy (non-hydrogen) atoms. The number of benzene rings is 2. The van der Waals surface area contributed by atoms with Crippen LogP contribution in [0.25, 0.3) is 11.0 Å². The third kappa shape index (κ3) is 3.19. The van der Waals surface area contributed by atoms with E-state index in [4.69, 9.17) is 9.47 Å². The summed E-state index contributed by atoms with van der Waals surface area (Å²) in [7, 11) is 0. The van der Waals surface area contributed by atoms with Gasteiger partial charge < -0.3 is 14.4 Å². The molecule has 0 spiro atoms. The van der Waals surface area contributed by atoms with E-state index in [1.54, 1.807) is 0 Å². The molecule has 0 saturated carbocycles. The second-order valence-electron chi connectivity index (χ2n) is 7.54. The predicted molar refractivity (Wildman–Crippen MR) is 105 cm³/mol. The van der Waals surface area contributed by atoms with Gasteiger partial charge in [-0.1, -0.05) is 42.5 Å². The summed E-state index contributed by atoms with van der Waals surface area (Å²) in [5.74, 6) is 0.290. The molecule has 5 rings (SSSR count). The molecule has 144 valence electrons. The van der Waals surface area contributed by atoms with Crippen LogP contribution in [0.5, 0.6) is 6.01 Å². The minimum Gasteiger partial charge on any atom is -0.459 e. The molecule has 1 aromatic heterocycles. The summed E-state index contributed by atoms with van der Waals surface area (Å²) in [6, 6.07) is 18.6. The lowest BCUT2D eigenvalue weighted by Gasteiger charge is -2.34. The average molecular weight is 377 g/mol. The molecule has 2 aromatic carbocycles. The van der Waals surface area contributed by atoms with Crippen molar-refractivity contribution in [3.63, 3.8) is 0 Å². The summed E-state index contributed by atoms with van der Waals surface area (Å²) in [6.07, 6.45) is 1.83. The van der Waals surface area contributed by atoms with Crippen LogP contribution in [0.15, 0.2) is 54.6 Å². The van der Waals surface area contributed by atoms with Gasteiger partial charge in [0.2, 0.25) is 0 Å². The second-order valence-corrected chi connectivity index (χ2v) is 7.54. The number of likely N-dealkylation sites (tertiary alicyclic amines) is 1. The van der Waals surface area contributed by atoms with Crippen LogP contribution in [0, 0.1) is 5.92 Å². The van der Waals surface area contributed by atoms with Gasteiger partial charge in [-0.25, -0.2) is 4.79 Å². The second kappa shape index (κ2) is 7.19. The minimum absolute atomic E-state index is 0.0526. The zero-order valence-corrected chi connectivity index (χ0v) is 15.7. The first-order valence-corrected chi connectivity index (χ1v) is 9.85. The largest absolute Gasteiger partial charge is 0.459 e. The van der Waals surface area contributed by atoms with Crippen molar-refractivity contribution in [2.75, 3.05) is 13.1 Å². The van der Waals surface area contributed by atoms with Gasteiger partial charge in [-0.2, -0.15) is 4.98 Å². The molecule has 2 aliphatic heterocycles. The summed E-state index contributed by atoms with van der Waals surface area (Å²) in [5.41, 5.74) is 3.07. The van der Waals surface area contributed by atoms with Crippen molar-refractivity contribution in [2.45, 2.75) is 32.1 Å². The lowest BCUT2D eigenvalue weighted by molar-refractivity contribution is 0.0526. The predicted octanol–water partition coefficient (Wildman–Crippen LogP) is 3.85. The number of carbonyl (C=O) groups excluding carboxylic acids is 1. The number of amides is 1. The summed E-state index contributed by atoms with van der Waals surface area (Å²) >= 11 is 0. The van der Waals surface area contributed by atoms with Gasteiger partial charge in [0.15, 0.2) is 0 Å². The highest BCUT2D eigenvalue weighted by Crippen LogP contribution is 2.33. The third-order valence-corrected chi connectivity index (χ3v) is 5.69. The van der Waals surface area contributed by atoms with Crippen molar-refractivity contribution in [1.82, 2.24) is 14.5 Å². The maximum atomic E-state index is 12.5. The Kier molecular flexibility index (Phi) is 4.39. The van der Waals surface area contributed by atoms with Crippen LogP contribution in [-0.2, 0) is 17.9 Å². The lowest BCUT2D eigenvalue weighted by Crippen LogP contribution is -2.45. The highest BCUT2D eigenvalue weighted by molar-refractivity contribution is 5.76. The van der Waals surface area contributed by atoms with Crippen LogP contribution < -0.4 is 4.74 Å². The molecule has 1 saturated heterocycles. The fraction of sp³-hybridized carbons (Fsp3) is 0.364. The number of ether oxygens (including phenoxy) is 2. The van der Waals surface area contributed by atoms with E-state index in [-0.39, 0.29) is 12.2 Å². The van der Waals surface area contributed by atoms with Crippen molar-refractivity contribution in [3.8, 4) is 6.01 Å². The molecule has 2 aliphatic rings. The summed E-state index contributed by atoms with van der Waals surface area (Å²) < 4.78 is 13.8. The van der Waals surface area contributed by atoms with Gasteiger partial charge in [0.05, 0.1) is 17.6 Å². The zero-order valence-electron chi connectivity index (χ0n) is 15.7. The van der Waals surface area contributed by atoms with Crippen LogP contribution >= 0.6 is 0 Å². The van der Waals surface area contributed by atoms with Gasteiger partial charge in [-0.3, -0.25) is 4.57 Å². The topological polar surface area (TPSA) is 56.6 Å². The molecule has 6 heteroatoms. The number of hydrogen-bond donors (Lipinski definition) is 0. The Morgan fingerprint density at radius 3 is 2.82 bits per heavy atom. The number of piperidine rings is 1. The van der Waals surface area contributed by atoms with Crippen LogP contribution in [0.4, 0.5) is 4.79 Å². The number of para-hydroxylation sites is 2. The van der Waals surface area contributed by atoms with Crippen molar-refractivity contribution in [2.24, 2.45) is 5.92 Å². The summed E-state index contributed by atoms with van der Waals surface area (Å²) in [5, 5.41) is 0. The van der Waals surface area contributed by atoms with E-state index in [0.717, 1.165) is 42.5 Å². The van der Waals surface area contributed by atoms with Crippen molar-refractivity contribution in [1.29, 1.82) is 0 Å². The van der Waals surface area contributed by atoms with Gasteiger partial charge in [-0.15, -0.1) is 0 Å². The Hall–Kier alpha value is -3.02. The monoisotopic (exact) mass is 377 g/mol. The highest BCUT2D eigenvalue weighted by Gasteiger charge is 2.36. The van der Waals surface area contributed by atoms with Gasteiger partial charge in [0.1, 0.15) is 12.7 Å². The van der Waals surface area contributed by atoms with E-state index in [9.17, 15) is 4.79 Å². The average Bonchev–Trinajstić information content (AvgIpc) is 3.31. The molecule has 3 heterocycles. The summed E-state index contributed by atoms with van der Waals surface area (Å²) in [6.45, 7) is 2.50. The number of hydrogen-bond acceptors (Lipinski definition) is 4. The normalized spacial score (nSPS) is 21.4. The SMILES string of the molecule is O=C(OCc1ccccc1)N1CCCC(C2Cn3c(nc4ccccc43)O2)C1. The number of fused-ring (bicyclic) bond motifs is 3. The Bertz CT molecular complexity index is 985. The first kappa shape index (κ1) is 17.1. The molecule has 0 N–H and O–H groups in total. The molecule has 2 unspecified atom stereocenters. The Morgan fingerprint density at radius 2 is 1.93 bits per heavy atom. The molecular weight excluding hydrogens is 354 g/mol. The Morgan fingerprint density at radius 1 is 1.11 bits per heavy atom. The van der Waals surface area contributed by atoms with E-state index in [1.807, 2.05) is 53.4 Å². The Labute approximate surface area is 163 Å². The van der Waals surface area contributed by atoms with E-state index in [1.165, 1.54) is 0 Å². The van der Waals surface area contributed by atoms with Gasteiger partial charge in [0, 0.05) is 19.0 Å². The number of imidazole rings is 1. The molecule has 6 nitrogen and oxygen atoms in total. The minimum atomic E-state index is -0.241. The van der Waals surface area contributed by atoms with E-state index >= 15 is 0 Å². The quantitative estimate of drug-likeness (QED) is 0.696. The van der Waals surface area contributed by atoms with Crippen molar-refractivity contribution in [3.05, 3.63) is 60.2 Å².